The van der Waals surface area contributed by atoms with Crippen LogP contribution in [0.3, 0.4) is 0 Å². The number of aromatic nitrogens is 1. The minimum absolute atomic E-state index is 0.104. The predicted octanol–water partition coefficient (Wildman–Crippen LogP) is 3.06. The van der Waals surface area contributed by atoms with Gasteiger partial charge in [-0.05, 0) is 37.3 Å². The Labute approximate surface area is 171 Å². The summed E-state index contributed by atoms with van der Waals surface area (Å²) in [6, 6.07) is 9.85. The number of amides is 1. The second-order valence-corrected chi connectivity index (χ2v) is 7.54. The van der Waals surface area contributed by atoms with E-state index in [0.29, 0.717) is 36.4 Å². The quantitative estimate of drug-likeness (QED) is 0.680. The molecule has 3 aromatic rings. The number of nitrogens with one attached hydrogen (secondary N) is 2. The molecule has 1 fully saturated rings. The van der Waals surface area contributed by atoms with Crippen LogP contribution in [0, 0.1) is 5.82 Å². The van der Waals surface area contributed by atoms with Gasteiger partial charge in [0, 0.05) is 43.1 Å². The fourth-order valence-corrected chi connectivity index (χ4v) is 3.73. The third kappa shape index (κ3) is 4.28. The van der Waals surface area contributed by atoms with Gasteiger partial charge in [0.2, 0.25) is 5.91 Å². The number of fused-ring (bicyclic) bond motifs is 1. The maximum atomic E-state index is 13.4. The maximum absolute atomic E-state index is 13.4. The molecule has 0 spiro atoms. The van der Waals surface area contributed by atoms with Crippen molar-refractivity contribution in [3.63, 3.8) is 0 Å². The summed E-state index contributed by atoms with van der Waals surface area (Å²) in [5, 5.41) is 2.94. The number of anilines is 2. The monoisotopic (exact) mass is 418 g/mol. The number of benzene rings is 2. The highest BCUT2D eigenvalue weighted by Gasteiger charge is 2.26. The molecule has 29 heavy (non-hydrogen) atoms. The molecule has 152 valence electrons. The SMILES string of the molecule is C[C@@H]1CN(c2ccc(F)c(Cl)c2)CCN1CC(=O)Nc1ccc2[nH]c(=O)oc2c1. The number of aromatic amines is 1. The number of H-pyrrole nitrogens is 1. The summed E-state index contributed by atoms with van der Waals surface area (Å²) in [4.78, 5) is 30.5. The fraction of sp³-hybridized carbons (Fsp3) is 0.300. The van der Waals surface area contributed by atoms with Gasteiger partial charge < -0.3 is 14.6 Å². The van der Waals surface area contributed by atoms with Gasteiger partial charge in [-0.25, -0.2) is 9.18 Å². The van der Waals surface area contributed by atoms with E-state index in [4.69, 9.17) is 16.0 Å². The molecule has 2 aromatic carbocycles. The van der Waals surface area contributed by atoms with Crippen molar-refractivity contribution in [1.82, 2.24) is 9.88 Å². The van der Waals surface area contributed by atoms with Gasteiger partial charge in [-0.3, -0.25) is 14.7 Å². The highest BCUT2D eigenvalue weighted by molar-refractivity contribution is 6.31. The lowest BCUT2D eigenvalue weighted by Crippen LogP contribution is -2.53. The molecule has 1 saturated heterocycles. The summed E-state index contributed by atoms with van der Waals surface area (Å²) in [7, 11) is 0. The van der Waals surface area contributed by atoms with E-state index in [2.05, 4.69) is 20.1 Å². The Morgan fingerprint density at radius 2 is 2.14 bits per heavy atom. The van der Waals surface area contributed by atoms with E-state index >= 15 is 0 Å². The van der Waals surface area contributed by atoms with Gasteiger partial charge >= 0.3 is 5.76 Å². The van der Waals surface area contributed by atoms with Crippen LogP contribution < -0.4 is 16.0 Å². The molecule has 4 rings (SSSR count). The Balaban J connectivity index is 1.36. The summed E-state index contributed by atoms with van der Waals surface area (Å²) in [6.45, 7) is 4.39. The number of oxazole rings is 1. The molecule has 0 aliphatic carbocycles. The molecule has 0 saturated carbocycles. The van der Waals surface area contributed by atoms with Crippen LogP contribution in [0.2, 0.25) is 5.02 Å². The molecule has 1 aliphatic heterocycles. The van der Waals surface area contributed by atoms with Crippen LogP contribution in [0.1, 0.15) is 6.92 Å². The third-order valence-electron chi connectivity index (χ3n) is 5.08. The van der Waals surface area contributed by atoms with E-state index in [1.54, 1.807) is 30.3 Å². The summed E-state index contributed by atoms with van der Waals surface area (Å²) >= 11 is 5.89. The smallest absolute Gasteiger partial charge is 0.408 e. The average molecular weight is 419 g/mol. The van der Waals surface area contributed by atoms with E-state index in [0.717, 1.165) is 5.69 Å². The number of hydrogen-bond acceptors (Lipinski definition) is 5. The first kappa shape index (κ1) is 19.5. The van der Waals surface area contributed by atoms with Gasteiger partial charge in [-0.1, -0.05) is 11.6 Å². The number of rotatable bonds is 4. The van der Waals surface area contributed by atoms with E-state index in [1.165, 1.54) is 6.07 Å². The van der Waals surface area contributed by atoms with Crippen molar-refractivity contribution in [3.05, 3.63) is 57.8 Å². The molecule has 0 unspecified atom stereocenters. The predicted molar refractivity (Wildman–Crippen MR) is 110 cm³/mol. The molecule has 1 atom stereocenters. The Bertz CT molecular complexity index is 1110. The maximum Gasteiger partial charge on any atom is 0.417 e. The van der Waals surface area contributed by atoms with Gasteiger partial charge in [-0.2, -0.15) is 0 Å². The Kier molecular flexibility index (Phi) is 5.29. The first-order chi connectivity index (χ1) is 13.9. The van der Waals surface area contributed by atoms with E-state index in [9.17, 15) is 14.0 Å². The molecule has 7 nitrogen and oxygen atoms in total. The standard InChI is InChI=1S/C20H20ClFN4O3/c1-12-10-26(14-3-4-16(22)15(21)9-14)7-6-25(12)11-19(27)23-13-2-5-17-18(8-13)29-20(28)24-17/h2-5,8-9,12H,6-7,10-11H2,1H3,(H,23,27)(H,24,28)/t12-/m1/s1. The molecule has 2 heterocycles. The fourth-order valence-electron chi connectivity index (χ4n) is 3.55. The molecule has 1 aromatic heterocycles. The molecule has 9 heteroatoms. The zero-order valence-corrected chi connectivity index (χ0v) is 16.5. The largest absolute Gasteiger partial charge is 0.417 e. The first-order valence-corrected chi connectivity index (χ1v) is 9.63. The van der Waals surface area contributed by atoms with E-state index < -0.39 is 11.6 Å². The van der Waals surface area contributed by atoms with Crippen LogP contribution in [0.5, 0.6) is 0 Å². The van der Waals surface area contributed by atoms with Gasteiger partial charge in [0.15, 0.2) is 5.58 Å². The van der Waals surface area contributed by atoms with E-state index in [-0.39, 0.29) is 23.5 Å². The number of carbonyl (C=O) groups is 1. The molecule has 0 radical (unpaired) electrons. The molecular weight excluding hydrogens is 399 g/mol. The Hall–Kier alpha value is -2.84. The molecule has 0 bridgehead atoms. The van der Waals surface area contributed by atoms with E-state index in [1.807, 2.05) is 6.92 Å². The lowest BCUT2D eigenvalue weighted by molar-refractivity contribution is -0.117. The van der Waals surface area contributed by atoms with Crippen molar-refractivity contribution in [3.8, 4) is 0 Å². The highest BCUT2D eigenvalue weighted by atomic mass is 35.5. The van der Waals surface area contributed by atoms with Gasteiger partial charge in [-0.15, -0.1) is 0 Å². The second-order valence-electron chi connectivity index (χ2n) is 7.14. The summed E-state index contributed by atoms with van der Waals surface area (Å²) in [5.41, 5.74) is 2.41. The third-order valence-corrected chi connectivity index (χ3v) is 5.37. The molecule has 1 aliphatic rings. The van der Waals surface area contributed by atoms with Crippen LogP contribution in [0.25, 0.3) is 11.1 Å². The molecule has 2 N–H and O–H groups in total. The first-order valence-electron chi connectivity index (χ1n) is 9.26. The number of carbonyl (C=O) groups excluding carboxylic acids is 1. The van der Waals surface area contributed by atoms with Crippen molar-refractivity contribution >= 4 is 40.0 Å². The Morgan fingerprint density at radius 3 is 2.90 bits per heavy atom. The normalized spacial score (nSPS) is 17.6. The topological polar surface area (TPSA) is 81.6 Å². The number of halogens is 2. The number of piperazine rings is 1. The summed E-state index contributed by atoms with van der Waals surface area (Å²) in [5.74, 6) is -1.11. The van der Waals surface area contributed by atoms with Crippen molar-refractivity contribution in [2.75, 3.05) is 36.4 Å². The van der Waals surface area contributed by atoms with Gasteiger partial charge in [0.25, 0.3) is 0 Å². The molecular formula is C20H20ClFN4O3. The lowest BCUT2D eigenvalue weighted by Gasteiger charge is -2.40. The second kappa shape index (κ2) is 7.88. The molecule has 1 amide bonds. The van der Waals surface area contributed by atoms with Crippen LogP contribution >= 0.6 is 11.6 Å². The highest BCUT2D eigenvalue weighted by Crippen LogP contribution is 2.25. The summed E-state index contributed by atoms with van der Waals surface area (Å²) in [6.07, 6.45) is 0. The zero-order chi connectivity index (χ0) is 20.5. The zero-order valence-electron chi connectivity index (χ0n) is 15.7. The summed E-state index contributed by atoms with van der Waals surface area (Å²) < 4.78 is 18.4. The number of nitrogens with zero attached hydrogens (tertiary/aromatic N) is 2. The van der Waals surface area contributed by atoms with Crippen LogP contribution in [0.4, 0.5) is 15.8 Å². The van der Waals surface area contributed by atoms with Gasteiger partial charge in [0.05, 0.1) is 17.1 Å². The van der Waals surface area contributed by atoms with Crippen molar-refractivity contribution < 1.29 is 13.6 Å². The minimum atomic E-state index is -0.530. The van der Waals surface area contributed by atoms with Crippen molar-refractivity contribution in [2.24, 2.45) is 0 Å². The minimum Gasteiger partial charge on any atom is -0.408 e. The van der Waals surface area contributed by atoms with Crippen molar-refractivity contribution in [1.29, 1.82) is 0 Å². The van der Waals surface area contributed by atoms with Crippen LogP contribution in [0.15, 0.2) is 45.6 Å². The van der Waals surface area contributed by atoms with Crippen LogP contribution in [-0.2, 0) is 4.79 Å². The lowest BCUT2D eigenvalue weighted by atomic mass is 10.1. The van der Waals surface area contributed by atoms with Crippen LogP contribution in [-0.4, -0.2) is 48.0 Å². The number of hydrogen-bond donors (Lipinski definition) is 2. The van der Waals surface area contributed by atoms with Crippen molar-refractivity contribution in [2.45, 2.75) is 13.0 Å². The average Bonchev–Trinajstić information content (AvgIpc) is 3.05. The van der Waals surface area contributed by atoms with Gasteiger partial charge in [0.1, 0.15) is 5.82 Å². The Morgan fingerprint density at radius 1 is 1.31 bits per heavy atom.